The number of rotatable bonds is 6. The van der Waals surface area contributed by atoms with E-state index in [1.54, 1.807) is 31.2 Å². The van der Waals surface area contributed by atoms with Crippen molar-refractivity contribution in [1.29, 1.82) is 5.26 Å². The van der Waals surface area contributed by atoms with E-state index in [1.165, 1.54) is 0 Å². The first-order valence-electron chi connectivity index (χ1n) is 7.42. The van der Waals surface area contributed by atoms with E-state index in [4.69, 9.17) is 5.26 Å². The van der Waals surface area contributed by atoms with Gasteiger partial charge in [-0.2, -0.15) is 5.26 Å². The number of hydrogen-bond donors (Lipinski definition) is 3. The summed E-state index contributed by atoms with van der Waals surface area (Å²) >= 11 is 0. The summed E-state index contributed by atoms with van der Waals surface area (Å²) in [4.78, 5) is 24.8. The van der Waals surface area contributed by atoms with Crippen LogP contribution in [0.15, 0.2) is 24.3 Å². The largest absolute Gasteiger partial charge is 0.348 e. The molecule has 22 heavy (non-hydrogen) atoms. The quantitative estimate of drug-likeness (QED) is 0.673. The molecule has 0 aliphatic heterocycles. The number of carbonyl (C=O) groups excluding carboxylic acids is 2. The number of benzene rings is 1. The Balaban J connectivity index is 1.84. The first-order valence-corrected chi connectivity index (χ1v) is 7.42. The predicted octanol–water partition coefficient (Wildman–Crippen LogP) is -0.321. The maximum absolute atomic E-state index is 12.2. The summed E-state index contributed by atoms with van der Waals surface area (Å²) in [5, 5.41) is 14.5. The smallest absolute Gasteiger partial charge is 0.282 e. The number of likely N-dealkylation sites (N-methyl/N-ethyl adjacent to an activating group) is 1. The van der Waals surface area contributed by atoms with Crippen molar-refractivity contribution >= 4 is 17.5 Å². The van der Waals surface area contributed by atoms with Crippen LogP contribution in [0.1, 0.15) is 25.3 Å². The van der Waals surface area contributed by atoms with Gasteiger partial charge in [0.15, 0.2) is 12.6 Å². The third-order valence-corrected chi connectivity index (χ3v) is 3.80. The Morgan fingerprint density at radius 3 is 2.55 bits per heavy atom. The molecule has 6 heteroatoms. The van der Waals surface area contributed by atoms with E-state index >= 15 is 0 Å². The molecule has 1 fully saturated rings. The lowest BCUT2D eigenvalue weighted by Crippen LogP contribution is -3.15. The van der Waals surface area contributed by atoms with Gasteiger partial charge in [-0.3, -0.25) is 9.59 Å². The number of carbonyl (C=O) groups is 2. The van der Waals surface area contributed by atoms with E-state index in [1.807, 2.05) is 13.1 Å². The number of quaternary nitrogens is 1. The molecule has 0 radical (unpaired) electrons. The number of nitrogens with one attached hydrogen (secondary N) is 3. The highest BCUT2D eigenvalue weighted by Crippen LogP contribution is 2.18. The summed E-state index contributed by atoms with van der Waals surface area (Å²) in [5.41, 5.74) is 1.19. The van der Waals surface area contributed by atoms with Crippen LogP contribution in [-0.4, -0.2) is 37.5 Å². The van der Waals surface area contributed by atoms with Gasteiger partial charge in [-0.05, 0) is 44.0 Å². The zero-order chi connectivity index (χ0) is 16.1. The minimum atomic E-state index is -0.347. The third kappa shape index (κ3) is 4.57. The molecule has 0 spiro atoms. The number of anilines is 1. The summed E-state index contributed by atoms with van der Waals surface area (Å²) < 4.78 is 0. The van der Waals surface area contributed by atoms with E-state index in [0.717, 1.165) is 17.7 Å². The van der Waals surface area contributed by atoms with Crippen LogP contribution in [-0.2, 0) is 9.59 Å². The average Bonchev–Trinajstić information content (AvgIpc) is 3.30. The van der Waals surface area contributed by atoms with Gasteiger partial charge in [-0.25, -0.2) is 0 Å². The monoisotopic (exact) mass is 301 g/mol. The fraction of sp³-hybridized carbons (Fsp3) is 0.438. The average molecular weight is 301 g/mol. The van der Waals surface area contributed by atoms with E-state index < -0.39 is 0 Å². The lowest BCUT2D eigenvalue weighted by Gasteiger charge is -2.20. The maximum Gasteiger partial charge on any atom is 0.282 e. The van der Waals surface area contributed by atoms with Gasteiger partial charge in [-0.15, -0.1) is 0 Å². The molecule has 1 unspecified atom stereocenters. The zero-order valence-corrected chi connectivity index (χ0v) is 12.8. The molecule has 1 aliphatic rings. The van der Waals surface area contributed by atoms with Gasteiger partial charge in [0.1, 0.15) is 0 Å². The highest BCUT2D eigenvalue weighted by atomic mass is 16.2. The fourth-order valence-corrected chi connectivity index (χ4v) is 2.02. The molecule has 2 amide bonds. The lowest BCUT2D eigenvalue weighted by molar-refractivity contribution is -0.885. The van der Waals surface area contributed by atoms with Gasteiger partial charge < -0.3 is 15.5 Å². The summed E-state index contributed by atoms with van der Waals surface area (Å²) in [6.07, 6.45) is 2.11. The first-order chi connectivity index (χ1) is 10.5. The van der Waals surface area contributed by atoms with Gasteiger partial charge in [0, 0.05) is 11.7 Å². The molecule has 2 rings (SSSR count). The van der Waals surface area contributed by atoms with E-state index in [-0.39, 0.29) is 24.4 Å². The molecule has 116 valence electrons. The molecule has 1 aromatic carbocycles. The van der Waals surface area contributed by atoms with Crippen molar-refractivity contribution in [3.8, 4) is 6.07 Å². The summed E-state index contributed by atoms with van der Waals surface area (Å²) in [7, 11) is 1.83. The van der Waals surface area contributed by atoms with Gasteiger partial charge in [0.2, 0.25) is 0 Å². The number of amides is 2. The molecule has 0 bridgehead atoms. The highest BCUT2D eigenvalue weighted by Gasteiger charge is 2.27. The molecule has 2 atom stereocenters. The lowest BCUT2D eigenvalue weighted by atomic mass is 10.2. The van der Waals surface area contributed by atoms with Crippen LogP contribution in [0, 0.1) is 11.3 Å². The van der Waals surface area contributed by atoms with E-state index in [0.29, 0.717) is 17.3 Å². The molecule has 3 N–H and O–H groups in total. The Morgan fingerprint density at radius 1 is 1.36 bits per heavy atom. The minimum absolute atomic E-state index is 0.0157. The first kappa shape index (κ1) is 16.0. The second-order valence-electron chi connectivity index (χ2n) is 5.77. The van der Waals surface area contributed by atoms with Crippen LogP contribution in [0.2, 0.25) is 0 Å². The Kier molecular flexibility index (Phi) is 5.12. The summed E-state index contributed by atoms with van der Waals surface area (Å²) in [5.74, 6) is -0.167. The van der Waals surface area contributed by atoms with Crippen molar-refractivity contribution in [2.45, 2.75) is 31.8 Å². The molecule has 1 aliphatic carbocycles. The normalized spacial score (nSPS) is 16.2. The SMILES string of the molecule is C[C@@H](C(=O)Nc1ccc(C#N)cc1)[NH+](C)CC(=O)NC1CC1. The van der Waals surface area contributed by atoms with Crippen molar-refractivity contribution in [3.05, 3.63) is 29.8 Å². The van der Waals surface area contributed by atoms with Crippen molar-refractivity contribution in [3.63, 3.8) is 0 Å². The highest BCUT2D eigenvalue weighted by molar-refractivity contribution is 5.93. The van der Waals surface area contributed by atoms with Crippen molar-refractivity contribution in [2.24, 2.45) is 0 Å². The van der Waals surface area contributed by atoms with Crippen LogP contribution in [0.5, 0.6) is 0 Å². The van der Waals surface area contributed by atoms with Crippen LogP contribution in [0.3, 0.4) is 0 Å². The second kappa shape index (κ2) is 7.05. The van der Waals surface area contributed by atoms with Gasteiger partial charge in [0.05, 0.1) is 18.7 Å². The third-order valence-electron chi connectivity index (χ3n) is 3.80. The second-order valence-corrected chi connectivity index (χ2v) is 5.77. The Morgan fingerprint density at radius 2 is 2.00 bits per heavy atom. The fourth-order valence-electron chi connectivity index (χ4n) is 2.02. The molecule has 1 saturated carbocycles. The summed E-state index contributed by atoms with van der Waals surface area (Å²) in [6.45, 7) is 2.07. The standard InChI is InChI=1S/C16H20N4O2/c1-11(20(2)10-15(21)18-13-7-8-13)16(22)19-14-5-3-12(9-17)4-6-14/h3-6,11,13H,7-8,10H2,1-2H3,(H,18,21)(H,19,22)/p+1/t11-/m0/s1. The number of nitrogens with zero attached hydrogens (tertiary/aromatic N) is 1. The minimum Gasteiger partial charge on any atom is -0.348 e. The predicted molar refractivity (Wildman–Crippen MR) is 82.2 cm³/mol. The Hall–Kier alpha value is -2.39. The van der Waals surface area contributed by atoms with Crippen molar-refractivity contribution in [1.82, 2.24) is 5.32 Å². The van der Waals surface area contributed by atoms with Gasteiger partial charge in [-0.1, -0.05) is 0 Å². The van der Waals surface area contributed by atoms with Crippen LogP contribution in [0.25, 0.3) is 0 Å². The molecule has 0 heterocycles. The molecule has 0 saturated heterocycles. The van der Waals surface area contributed by atoms with E-state index in [2.05, 4.69) is 10.6 Å². The summed E-state index contributed by atoms with van der Waals surface area (Å²) in [6, 6.07) is 8.71. The molecular formula is C16H21N4O2+. The maximum atomic E-state index is 12.2. The molecule has 1 aromatic rings. The van der Waals surface area contributed by atoms with Crippen LogP contribution in [0.4, 0.5) is 5.69 Å². The van der Waals surface area contributed by atoms with Crippen LogP contribution < -0.4 is 15.5 Å². The molecule has 6 nitrogen and oxygen atoms in total. The zero-order valence-electron chi connectivity index (χ0n) is 12.8. The van der Waals surface area contributed by atoms with Crippen LogP contribution >= 0.6 is 0 Å². The van der Waals surface area contributed by atoms with Crippen molar-refractivity contribution < 1.29 is 14.5 Å². The number of hydrogen-bond acceptors (Lipinski definition) is 3. The number of nitriles is 1. The molecular weight excluding hydrogens is 280 g/mol. The Labute approximate surface area is 130 Å². The van der Waals surface area contributed by atoms with Gasteiger partial charge in [0.25, 0.3) is 11.8 Å². The Bertz CT molecular complexity index is 587. The topological polar surface area (TPSA) is 86.4 Å². The van der Waals surface area contributed by atoms with E-state index in [9.17, 15) is 9.59 Å². The van der Waals surface area contributed by atoms with Crippen molar-refractivity contribution in [2.75, 3.05) is 18.9 Å². The molecule has 0 aromatic heterocycles. The van der Waals surface area contributed by atoms with Gasteiger partial charge >= 0.3 is 0 Å².